The molecule has 2 aromatic heterocycles. The fourth-order valence-electron chi connectivity index (χ4n) is 1.98. The van der Waals surface area contributed by atoms with Gasteiger partial charge < -0.3 is 4.42 Å². The smallest absolute Gasteiger partial charge is 0.191 e. The minimum absolute atomic E-state index is 0.596. The number of hydrogen-bond donors (Lipinski definition) is 0. The van der Waals surface area contributed by atoms with Crippen LogP contribution in [-0.2, 0) is 6.54 Å². The van der Waals surface area contributed by atoms with Gasteiger partial charge in [0.05, 0.1) is 12.8 Å². The van der Waals surface area contributed by atoms with Gasteiger partial charge in [-0.2, -0.15) is 0 Å². The van der Waals surface area contributed by atoms with Crippen LogP contribution in [0.2, 0.25) is 0 Å². The van der Waals surface area contributed by atoms with Crippen LogP contribution >= 0.6 is 11.8 Å². The second-order valence-electron chi connectivity index (χ2n) is 4.66. The Morgan fingerprint density at radius 1 is 1.47 bits per heavy atom. The van der Waals surface area contributed by atoms with Crippen molar-refractivity contribution in [1.82, 2.24) is 14.8 Å². The molecule has 19 heavy (non-hydrogen) atoms. The predicted molar refractivity (Wildman–Crippen MR) is 75.3 cm³/mol. The summed E-state index contributed by atoms with van der Waals surface area (Å²) in [5.74, 6) is 3.59. The van der Waals surface area contributed by atoms with Crippen molar-refractivity contribution in [3.05, 3.63) is 42.1 Å². The van der Waals surface area contributed by atoms with E-state index in [1.807, 2.05) is 19.1 Å². The second kappa shape index (κ2) is 5.65. The molecule has 2 heterocycles. The molecule has 3 rings (SSSR count). The standard InChI is InChI=1S/C14H17N3OS/c1-2-3-9-19-14-16-15-13(11-6-7-11)17(14)10-12-5-4-8-18-12/h2-5,8,11H,6-7,9-10H2,1H3. The zero-order chi connectivity index (χ0) is 13.1. The first-order valence-corrected chi connectivity index (χ1v) is 7.56. The Bertz CT molecular complexity index is 555. The van der Waals surface area contributed by atoms with Gasteiger partial charge in [0.25, 0.3) is 0 Å². The normalized spacial score (nSPS) is 15.4. The maximum atomic E-state index is 5.44. The van der Waals surface area contributed by atoms with Crippen LogP contribution in [-0.4, -0.2) is 20.5 Å². The lowest BCUT2D eigenvalue weighted by Gasteiger charge is -2.07. The first-order valence-electron chi connectivity index (χ1n) is 6.58. The van der Waals surface area contributed by atoms with E-state index in [0.717, 1.165) is 29.0 Å². The van der Waals surface area contributed by atoms with E-state index in [4.69, 9.17) is 4.42 Å². The van der Waals surface area contributed by atoms with E-state index in [9.17, 15) is 0 Å². The predicted octanol–water partition coefficient (Wildman–Crippen LogP) is 3.47. The molecule has 0 bridgehead atoms. The Morgan fingerprint density at radius 3 is 3.05 bits per heavy atom. The van der Waals surface area contributed by atoms with E-state index in [-0.39, 0.29) is 0 Å². The molecule has 100 valence electrons. The van der Waals surface area contributed by atoms with Gasteiger partial charge >= 0.3 is 0 Å². The van der Waals surface area contributed by atoms with Gasteiger partial charge in [0.1, 0.15) is 11.6 Å². The van der Waals surface area contributed by atoms with Gasteiger partial charge in [-0.25, -0.2) is 0 Å². The third-order valence-corrected chi connectivity index (χ3v) is 4.05. The minimum atomic E-state index is 0.596. The highest BCUT2D eigenvalue weighted by Crippen LogP contribution is 2.40. The molecule has 4 nitrogen and oxygen atoms in total. The minimum Gasteiger partial charge on any atom is -0.467 e. The van der Waals surface area contributed by atoms with Crippen molar-refractivity contribution < 1.29 is 4.42 Å². The molecule has 0 atom stereocenters. The number of thioether (sulfide) groups is 1. The van der Waals surface area contributed by atoms with Gasteiger partial charge in [-0.3, -0.25) is 4.57 Å². The monoisotopic (exact) mass is 275 g/mol. The summed E-state index contributed by atoms with van der Waals surface area (Å²) in [7, 11) is 0. The number of rotatable bonds is 6. The zero-order valence-corrected chi connectivity index (χ0v) is 11.8. The topological polar surface area (TPSA) is 43.9 Å². The van der Waals surface area contributed by atoms with Crippen LogP contribution in [0.4, 0.5) is 0 Å². The van der Waals surface area contributed by atoms with Crippen molar-refractivity contribution in [2.24, 2.45) is 0 Å². The van der Waals surface area contributed by atoms with Crippen molar-refractivity contribution in [1.29, 1.82) is 0 Å². The number of allylic oxidation sites excluding steroid dienone is 1. The van der Waals surface area contributed by atoms with Crippen LogP contribution in [0, 0.1) is 0 Å². The van der Waals surface area contributed by atoms with Crippen molar-refractivity contribution >= 4 is 11.8 Å². The van der Waals surface area contributed by atoms with Crippen molar-refractivity contribution in [2.75, 3.05) is 5.75 Å². The summed E-state index contributed by atoms with van der Waals surface area (Å²) in [6, 6.07) is 3.92. The van der Waals surface area contributed by atoms with Crippen LogP contribution in [0.25, 0.3) is 0 Å². The number of hydrogen-bond acceptors (Lipinski definition) is 4. The lowest BCUT2D eigenvalue weighted by molar-refractivity contribution is 0.478. The molecule has 0 amide bonds. The highest BCUT2D eigenvalue weighted by atomic mass is 32.2. The largest absolute Gasteiger partial charge is 0.467 e. The molecule has 0 N–H and O–H groups in total. The Morgan fingerprint density at radius 2 is 2.37 bits per heavy atom. The van der Waals surface area contributed by atoms with Gasteiger partial charge in [0.2, 0.25) is 0 Å². The summed E-state index contributed by atoms with van der Waals surface area (Å²) in [6.45, 7) is 2.76. The average Bonchev–Trinajstić information content (AvgIpc) is 2.98. The third kappa shape index (κ3) is 2.92. The molecular weight excluding hydrogens is 258 g/mol. The lowest BCUT2D eigenvalue weighted by atomic mass is 10.3. The number of aromatic nitrogens is 3. The summed E-state index contributed by atoms with van der Waals surface area (Å²) in [6.07, 6.45) is 8.37. The molecule has 0 aliphatic heterocycles. The molecule has 0 unspecified atom stereocenters. The number of furan rings is 1. The van der Waals surface area contributed by atoms with Gasteiger partial charge in [-0.1, -0.05) is 23.9 Å². The van der Waals surface area contributed by atoms with E-state index in [1.165, 1.54) is 12.8 Å². The molecular formula is C14H17N3OS. The Balaban J connectivity index is 1.82. The van der Waals surface area contributed by atoms with Crippen LogP contribution in [0.3, 0.4) is 0 Å². The molecule has 1 aliphatic carbocycles. The van der Waals surface area contributed by atoms with E-state index in [2.05, 4.69) is 26.9 Å². The van der Waals surface area contributed by atoms with E-state index in [1.54, 1.807) is 18.0 Å². The molecule has 1 fully saturated rings. The Hall–Kier alpha value is -1.49. The van der Waals surface area contributed by atoms with E-state index < -0.39 is 0 Å². The lowest BCUT2D eigenvalue weighted by Crippen LogP contribution is -2.05. The highest BCUT2D eigenvalue weighted by Gasteiger charge is 2.30. The molecule has 0 saturated heterocycles. The third-order valence-electron chi connectivity index (χ3n) is 3.13. The van der Waals surface area contributed by atoms with Crippen molar-refractivity contribution in [2.45, 2.75) is 37.4 Å². The van der Waals surface area contributed by atoms with Gasteiger partial charge in [0.15, 0.2) is 5.16 Å². The van der Waals surface area contributed by atoms with Gasteiger partial charge in [-0.15, -0.1) is 10.2 Å². The van der Waals surface area contributed by atoms with Gasteiger partial charge in [0, 0.05) is 11.7 Å². The van der Waals surface area contributed by atoms with Crippen molar-refractivity contribution in [3.8, 4) is 0 Å². The molecule has 2 aromatic rings. The molecule has 0 radical (unpaired) electrons. The molecule has 5 heteroatoms. The molecule has 0 aromatic carbocycles. The van der Waals surface area contributed by atoms with Crippen LogP contribution in [0.15, 0.2) is 40.1 Å². The molecule has 0 spiro atoms. The summed E-state index contributed by atoms with van der Waals surface area (Å²) in [5, 5.41) is 9.68. The second-order valence-corrected chi connectivity index (χ2v) is 5.65. The SMILES string of the molecule is CC=CCSc1nnc(C2CC2)n1Cc1ccco1. The van der Waals surface area contributed by atoms with Crippen LogP contribution in [0.5, 0.6) is 0 Å². The van der Waals surface area contributed by atoms with E-state index >= 15 is 0 Å². The fraction of sp³-hybridized carbons (Fsp3) is 0.429. The first kappa shape index (κ1) is 12.5. The maximum Gasteiger partial charge on any atom is 0.191 e. The maximum absolute atomic E-state index is 5.44. The summed E-state index contributed by atoms with van der Waals surface area (Å²) in [5.41, 5.74) is 0. The summed E-state index contributed by atoms with van der Waals surface area (Å²) in [4.78, 5) is 0. The summed E-state index contributed by atoms with van der Waals surface area (Å²) < 4.78 is 7.64. The zero-order valence-electron chi connectivity index (χ0n) is 11.0. The van der Waals surface area contributed by atoms with Crippen LogP contribution < -0.4 is 0 Å². The Kier molecular flexibility index (Phi) is 3.73. The number of nitrogens with zero attached hydrogens (tertiary/aromatic N) is 3. The quantitative estimate of drug-likeness (QED) is 0.598. The average molecular weight is 275 g/mol. The van der Waals surface area contributed by atoms with Crippen molar-refractivity contribution in [3.63, 3.8) is 0 Å². The fourth-order valence-corrected chi connectivity index (χ4v) is 2.83. The van der Waals surface area contributed by atoms with E-state index in [0.29, 0.717) is 5.92 Å². The van der Waals surface area contributed by atoms with Gasteiger partial charge in [-0.05, 0) is 31.9 Å². The Labute approximate surface area is 116 Å². The molecule has 1 aliphatic rings. The first-order chi connectivity index (χ1) is 9.38. The summed E-state index contributed by atoms with van der Waals surface area (Å²) >= 11 is 1.72. The van der Waals surface area contributed by atoms with Crippen LogP contribution in [0.1, 0.15) is 37.3 Å². The molecule has 1 saturated carbocycles. The highest BCUT2D eigenvalue weighted by molar-refractivity contribution is 7.99.